The van der Waals surface area contributed by atoms with Crippen LogP contribution in [0.4, 0.5) is 0 Å². The quantitative estimate of drug-likeness (QED) is 0.0222. The van der Waals surface area contributed by atoms with Gasteiger partial charge in [0.2, 0.25) is 0 Å². The molecule has 0 radical (unpaired) electrons. The summed E-state index contributed by atoms with van der Waals surface area (Å²) < 4.78 is 68.5. The third-order valence-electron chi connectivity index (χ3n) is 18.2. The van der Waals surface area contributed by atoms with Crippen LogP contribution >= 0.6 is 15.6 Å². The van der Waals surface area contributed by atoms with Gasteiger partial charge in [-0.2, -0.15) is 0 Å². The van der Waals surface area contributed by atoms with E-state index >= 15 is 0 Å². The summed E-state index contributed by atoms with van der Waals surface area (Å²) in [5.41, 5.74) is 0. The van der Waals surface area contributed by atoms with E-state index in [4.69, 9.17) is 37.0 Å². The lowest BCUT2D eigenvalue weighted by atomic mass is 10.00. The van der Waals surface area contributed by atoms with E-state index in [2.05, 4.69) is 55.4 Å². The Kier molecular flexibility index (Phi) is 65.0. The zero-order valence-electron chi connectivity index (χ0n) is 63.0. The van der Waals surface area contributed by atoms with Crippen molar-refractivity contribution in [3.8, 4) is 0 Å². The second kappa shape index (κ2) is 66.3. The largest absolute Gasteiger partial charge is 0.472 e. The fourth-order valence-electron chi connectivity index (χ4n) is 11.7. The van der Waals surface area contributed by atoms with Crippen LogP contribution in [-0.2, 0) is 65.4 Å². The second-order valence-corrected chi connectivity index (χ2v) is 32.3. The molecule has 0 spiro atoms. The van der Waals surface area contributed by atoms with Gasteiger partial charge in [0, 0.05) is 25.7 Å². The lowest BCUT2D eigenvalue weighted by molar-refractivity contribution is -0.161. The first-order valence-electron chi connectivity index (χ1n) is 39.7. The molecule has 0 aromatic heterocycles. The SMILES string of the molecule is CCC(C)CCCCCCCCC(=O)OC[C@H](COP(=O)(O)OC[C@H](O)COP(=O)(O)OC[C@@H](COC(=O)CCCCCCCCCCCCCCCC(C)C)OC(=O)CCCCCCCCCCCCCCCCCCC(C)C)OC(=O)CCCCCCCCCCC(C)C. The minimum atomic E-state index is -4.96. The number of aliphatic hydroxyl groups is 1. The Morgan fingerprint density at radius 2 is 0.500 bits per heavy atom. The van der Waals surface area contributed by atoms with Crippen molar-refractivity contribution in [1.82, 2.24) is 0 Å². The Morgan fingerprint density at radius 3 is 0.740 bits per heavy atom. The van der Waals surface area contributed by atoms with Crippen molar-refractivity contribution in [2.45, 2.75) is 408 Å². The van der Waals surface area contributed by atoms with E-state index < -0.39 is 97.5 Å². The van der Waals surface area contributed by atoms with Crippen molar-refractivity contribution >= 4 is 39.5 Å². The van der Waals surface area contributed by atoms with E-state index in [0.29, 0.717) is 25.7 Å². The Balaban J connectivity index is 5.24. The molecule has 3 unspecified atom stereocenters. The van der Waals surface area contributed by atoms with E-state index in [0.717, 1.165) is 120 Å². The number of carbonyl (C=O) groups is 4. The topological polar surface area (TPSA) is 237 Å². The van der Waals surface area contributed by atoms with E-state index in [1.807, 2.05) is 0 Å². The van der Waals surface area contributed by atoms with Gasteiger partial charge in [-0.05, 0) is 49.4 Å². The molecule has 0 fully saturated rings. The maximum atomic E-state index is 13.1. The summed E-state index contributed by atoms with van der Waals surface area (Å²) in [5.74, 6) is 0.928. The second-order valence-electron chi connectivity index (χ2n) is 29.4. The first-order valence-corrected chi connectivity index (χ1v) is 42.7. The average molecular weight is 1410 g/mol. The molecule has 96 heavy (non-hydrogen) atoms. The molecule has 0 amide bonds. The van der Waals surface area contributed by atoms with E-state index in [1.54, 1.807) is 0 Å². The molecule has 0 heterocycles. The van der Waals surface area contributed by atoms with Crippen molar-refractivity contribution in [1.29, 1.82) is 0 Å². The van der Waals surface area contributed by atoms with Crippen LogP contribution in [0, 0.1) is 23.7 Å². The van der Waals surface area contributed by atoms with E-state index in [1.165, 1.54) is 186 Å². The maximum Gasteiger partial charge on any atom is 0.472 e. The molecule has 0 aromatic rings. The highest BCUT2D eigenvalue weighted by atomic mass is 31.2. The van der Waals surface area contributed by atoms with Crippen molar-refractivity contribution < 1.29 is 80.2 Å². The smallest absolute Gasteiger partial charge is 0.462 e. The first-order chi connectivity index (χ1) is 46.1. The molecule has 19 heteroatoms. The summed E-state index contributed by atoms with van der Waals surface area (Å²) >= 11 is 0. The normalized spacial score (nSPS) is 14.4. The van der Waals surface area contributed by atoms with Gasteiger partial charge in [-0.15, -0.1) is 0 Å². The monoisotopic (exact) mass is 1410 g/mol. The van der Waals surface area contributed by atoms with Crippen molar-refractivity contribution in [3.05, 3.63) is 0 Å². The summed E-state index contributed by atoms with van der Waals surface area (Å²) in [5, 5.41) is 10.6. The van der Waals surface area contributed by atoms with Gasteiger partial charge in [0.05, 0.1) is 26.4 Å². The summed E-state index contributed by atoms with van der Waals surface area (Å²) in [4.78, 5) is 72.8. The van der Waals surface area contributed by atoms with Crippen LogP contribution in [0.15, 0.2) is 0 Å². The third kappa shape index (κ3) is 69.2. The number of phosphoric ester groups is 2. The number of aliphatic hydroxyl groups excluding tert-OH is 1. The predicted octanol–water partition coefficient (Wildman–Crippen LogP) is 22.4. The Bertz CT molecular complexity index is 1890. The highest BCUT2D eigenvalue weighted by Gasteiger charge is 2.30. The number of rotatable bonds is 74. The van der Waals surface area contributed by atoms with Crippen molar-refractivity contribution in [3.63, 3.8) is 0 Å². The minimum Gasteiger partial charge on any atom is -0.462 e. The number of ether oxygens (including phenoxy) is 4. The molecule has 0 aliphatic heterocycles. The molecular weight excluding hydrogens is 1260 g/mol. The van der Waals surface area contributed by atoms with Gasteiger partial charge in [0.15, 0.2) is 12.2 Å². The average Bonchev–Trinajstić information content (AvgIpc) is 1.48. The van der Waals surface area contributed by atoms with Crippen LogP contribution in [0.25, 0.3) is 0 Å². The molecule has 6 atom stereocenters. The van der Waals surface area contributed by atoms with Crippen LogP contribution in [0.2, 0.25) is 0 Å². The van der Waals surface area contributed by atoms with Crippen LogP contribution in [0.3, 0.4) is 0 Å². The van der Waals surface area contributed by atoms with Gasteiger partial charge in [0.1, 0.15) is 19.3 Å². The summed E-state index contributed by atoms with van der Waals surface area (Å²) in [7, 11) is -9.91. The summed E-state index contributed by atoms with van der Waals surface area (Å²) in [6.45, 7) is 14.2. The Labute approximate surface area is 588 Å². The predicted molar refractivity (Wildman–Crippen MR) is 391 cm³/mol. The van der Waals surface area contributed by atoms with E-state index in [9.17, 15) is 43.2 Å². The first kappa shape index (κ1) is 94.1. The van der Waals surface area contributed by atoms with Crippen LogP contribution in [0.5, 0.6) is 0 Å². The number of hydrogen-bond donors (Lipinski definition) is 3. The third-order valence-corrected chi connectivity index (χ3v) is 20.1. The maximum absolute atomic E-state index is 13.1. The fourth-order valence-corrected chi connectivity index (χ4v) is 13.3. The zero-order chi connectivity index (χ0) is 71.0. The molecule has 0 saturated carbocycles. The number of phosphoric acid groups is 2. The molecule has 0 bridgehead atoms. The Hall–Kier alpha value is -1.94. The molecule has 0 aliphatic carbocycles. The van der Waals surface area contributed by atoms with Crippen LogP contribution < -0.4 is 0 Å². The van der Waals surface area contributed by atoms with Gasteiger partial charge in [-0.25, -0.2) is 9.13 Å². The molecule has 0 rings (SSSR count). The zero-order valence-corrected chi connectivity index (χ0v) is 64.8. The van der Waals surface area contributed by atoms with E-state index in [-0.39, 0.29) is 25.7 Å². The van der Waals surface area contributed by atoms with Crippen molar-refractivity contribution in [2.75, 3.05) is 39.6 Å². The van der Waals surface area contributed by atoms with Gasteiger partial charge in [-0.1, -0.05) is 338 Å². The van der Waals surface area contributed by atoms with Crippen LogP contribution in [0.1, 0.15) is 389 Å². The number of unbranched alkanes of at least 4 members (excludes halogenated alkanes) is 39. The molecule has 570 valence electrons. The van der Waals surface area contributed by atoms with Gasteiger partial charge < -0.3 is 33.8 Å². The lowest BCUT2D eigenvalue weighted by Gasteiger charge is -2.21. The highest BCUT2D eigenvalue weighted by Crippen LogP contribution is 2.45. The highest BCUT2D eigenvalue weighted by molar-refractivity contribution is 7.47. The molecule has 17 nitrogen and oxygen atoms in total. The molecule has 0 saturated heterocycles. The lowest BCUT2D eigenvalue weighted by Crippen LogP contribution is -2.30. The van der Waals surface area contributed by atoms with Gasteiger partial charge in [0.25, 0.3) is 0 Å². The molecule has 0 aromatic carbocycles. The van der Waals surface area contributed by atoms with Gasteiger partial charge in [-0.3, -0.25) is 37.3 Å². The molecule has 3 N–H and O–H groups in total. The van der Waals surface area contributed by atoms with Crippen molar-refractivity contribution in [2.24, 2.45) is 23.7 Å². The standard InChI is InChI=1S/C77H150O17P2/c1-9-70(8)56-48-40-35-36-42-50-58-75(80)88-64-73(94-77(82)60-52-44-34-28-27-31-39-47-55-69(6)7)66-92-96(85,86)90-62-71(78)61-89-95(83,84)91-65-72(63-87-74(79)57-49-41-32-25-21-18-14-16-20-24-30-38-46-54-68(4)5)93-76(81)59-51-43-33-26-22-17-13-11-10-12-15-19-23-29-37-45-53-67(2)3/h67-73,78H,9-66H2,1-8H3,(H,83,84)(H,85,86)/t70?,71-,72-,73-/m1/s1. The number of esters is 4. The fraction of sp³-hybridized carbons (Fsp3) is 0.948. The van der Waals surface area contributed by atoms with Gasteiger partial charge >= 0.3 is 39.5 Å². The molecule has 0 aliphatic rings. The summed E-state index contributed by atoms with van der Waals surface area (Å²) in [6.07, 6.45) is 51.5. The summed E-state index contributed by atoms with van der Waals surface area (Å²) in [6, 6.07) is 0. The number of hydrogen-bond acceptors (Lipinski definition) is 15. The Morgan fingerprint density at radius 1 is 0.292 bits per heavy atom. The van der Waals surface area contributed by atoms with Crippen LogP contribution in [-0.4, -0.2) is 96.7 Å². The number of carbonyl (C=O) groups excluding carboxylic acids is 4. The minimum absolute atomic E-state index is 0.103. The molecular formula is C77H150O17P2.